The second-order valence-electron chi connectivity index (χ2n) is 7.59. The summed E-state index contributed by atoms with van der Waals surface area (Å²) >= 11 is 0. The highest BCUT2D eigenvalue weighted by atomic mass is 32.2. The standard InChI is InChI=1S/C20H42O4S/c1-3-16-20(25(22,23)24)18-15-13-11-9-7-5-4-6-8-10-12-14-17-19(2)21/h19-21H,3-18H2,1-2H3,(H,22,23,24). The van der Waals surface area contributed by atoms with Crippen LogP contribution in [0.3, 0.4) is 0 Å². The summed E-state index contributed by atoms with van der Waals surface area (Å²) in [6.07, 6.45) is 17.3. The van der Waals surface area contributed by atoms with Crippen LogP contribution in [0.2, 0.25) is 0 Å². The van der Waals surface area contributed by atoms with Gasteiger partial charge < -0.3 is 5.11 Å². The number of rotatable bonds is 18. The van der Waals surface area contributed by atoms with Gasteiger partial charge in [0.2, 0.25) is 0 Å². The number of hydrogen-bond acceptors (Lipinski definition) is 3. The molecule has 0 aliphatic heterocycles. The molecule has 0 radical (unpaired) electrons. The Hall–Kier alpha value is -0.130. The third-order valence-electron chi connectivity index (χ3n) is 4.93. The average molecular weight is 379 g/mol. The van der Waals surface area contributed by atoms with Crippen molar-refractivity contribution in [2.45, 2.75) is 128 Å². The Balaban J connectivity index is 3.33. The van der Waals surface area contributed by atoms with Crippen LogP contribution in [0.1, 0.15) is 117 Å². The summed E-state index contributed by atoms with van der Waals surface area (Å²) in [4.78, 5) is 0. The van der Waals surface area contributed by atoms with Gasteiger partial charge in [-0.15, -0.1) is 0 Å². The van der Waals surface area contributed by atoms with Crippen LogP contribution in [0.4, 0.5) is 0 Å². The zero-order chi connectivity index (χ0) is 19.0. The van der Waals surface area contributed by atoms with Gasteiger partial charge in [0, 0.05) is 0 Å². The molecule has 0 amide bonds. The van der Waals surface area contributed by atoms with Crippen molar-refractivity contribution in [2.24, 2.45) is 0 Å². The van der Waals surface area contributed by atoms with Gasteiger partial charge in [-0.05, 0) is 26.2 Å². The number of aliphatic hydroxyl groups excluding tert-OH is 1. The van der Waals surface area contributed by atoms with Gasteiger partial charge in [0.05, 0.1) is 11.4 Å². The minimum Gasteiger partial charge on any atom is -0.393 e. The van der Waals surface area contributed by atoms with Crippen molar-refractivity contribution in [3.63, 3.8) is 0 Å². The third kappa shape index (κ3) is 17.1. The van der Waals surface area contributed by atoms with Gasteiger partial charge >= 0.3 is 0 Å². The average Bonchev–Trinajstić information content (AvgIpc) is 2.52. The smallest absolute Gasteiger partial charge is 0.267 e. The molecule has 2 atom stereocenters. The second kappa shape index (κ2) is 16.1. The van der Waals surface area contributed by atoms with E-state index in [0.29, 0.717) is 12.8 Å². The molecule has 0 spiro atoms. The molecule has 0 aromatic heterocycles. The van der Waals surface area contributed by atoms with Gasteiger partial charge in [-0.25, -0.2) is 0 Å². The molecular formula is C20H42O4S. The summed E-state index contributed by atoms with van der Waals surface area (Å²) < 4.78 is 31.7. The van der Waals surface area contributed by atoms with E-state index in [1.165, 1.54) is 57.8 Å². The molecule has 0 saturated carbocycles. The fourth-order valence-electron chi connectivity index (χ4n) is 3.34. The van der Waals surface area contributed by atoms with Crippen molar-refractivity contribution < 1.29 is 18.1 Å². The van der Waals surface area contributed by atoms with E-state index in [1.807, 2.05) is 13.8 Å². The van der Waals surface area contributed by atoms with Crippen molar-refractivity contribution >= 4 is 10.1 Å². The molecule has 0 saturated heterocycles. The topological polar surface area (TPSA) is 74.6 Å². The predicted molar refractivity (Wildman–Crippen MR) is 107 cm³/mol. The van der Waals surface area contributed by atoms with Crippen LogP contribution in [0.25, 0.3) is 0 Å². The molecule has 2 N–H and O–H groups in total. The Morgan fingerprint density at radius 2 is 1.04 bits per heavy atom. The molecule has 0 fully saturated rings. The van der Waals surface area contributed by atoms with Crippen LogP contribution in [0.15, 0.2) is 0 Å². The van der Waals surface area contributed by atoms with E-state index < -0.39 is 15.4 Å². The molecule has 2 unspecified atom stereocenters. The van der Waals surface area contributed by atoms with E-state index in [1.54, 1.807) is 0 Å². The molecule has 0 bridgehead atoms. The van der Waals surface area contributed by atoms with Crippen LogP contribution in [-0.4, -0.2) is 29.4 Å². The maximum absolute atomic E-state index is 11.2. The normalized spacial score (nSPS) is 14.6. The first kappa shape index (κ1) is 24.9. The molecule has 5 heteroatoms. The fourth-order valence-corrected chi connectivity index (χ4v) is 4.34. The minimum atomic E-state index is -3.86. The number of aliphatic hydroxyl groups is 1. The second-order valence-corrected chi connectivity index (χ2v) is 9.29. The number of unbranched alkanes of at least 4 members (excludes halogenated alkanes) is 11. The van der Waals surface area contributed by atoms with Crippen molar-refractivity contribution in [2.75, 3.05) is 0 Å². The SMILES string of the molecule is CCCC(CCCCCCCCCCCCCCC(C)O)S(=O)(=O)O. The third-order valence-corrected chi connectivity index (χ3v) is 6.24. The minimum absolute atomic E-state index is 0.148. The van der Waals surface area contributed by atoms with Crippen LogP contribution in [-0.2, 0) is 10.1 Å². The monoisotopic (exact) mass is 378 g/mol. The zero-order valence-electron chi connectivity index (χ0n) is 16.6. The van der Waals surface area contributed by atoms with Gasteiger partial charge in [0.25, 0.3) is 10.1 Å². The molecular weight excluding hydrogens is 336 g/mol. The maximum atomic E-state index is 11.2. The van der Waals surface area contributed by atoms with E-state index in [2.05, 4.69) is 0 Å². The molecule has 25 heavy (non-hydrogen) atoms. The fraction of sp³-hybridized carbons (Fsp3) is 1.00. The lowest BCUT2D eigenvalue weighted by Gasteiger charge is -2.12. The highest BCUT2D eigenvalue weighted by Crippen LogP contribution is 2.17. The highest BCUT2D eigenvalue weighted by Gasteiger charge is 2.20. The molecule has 0 aliphatic carbocycles. The van der Waals surface area contributed by atoms with Gasteiger partial charge in [-0.2, -0.15) is 8.42 Å². The summed E-state index contributed by atoms with van der Waals surface area (Å²) in [6, 6.07) is 0. The van der Waals surface area contributed by atoms with E-state index in [4.69, 9.17) is 0 Å². The van der Waals surface area contributed by atoms with Gasteiger partial charge in [0.1, 0.15) is 0 Å². The summed E-state index contributed by atoms with van der Waals surface area (Å²) in [6.45, 7) is 3.81. The lowest BCUT2D eigenvalue weighted by Crippen LogP contribution is -2.20. The van der Waals surface area contributed by atoms with Crippen molar-refractivity contribution in [3.05, 3.63) is 0 Å². The Labute approximate surface area is 156 Å². The van der Waals surface area contributed by atoms with E-state index >= 15 is 0 Å². The molecule has 0 rings (SSSR count). The zero-order valence-corrected chi connectivity index (χ0v) is 17.4. The Bertz CT molecular complexity index is 379. The molecule has 152 valence electrons. The van der Waals surface area contributed by atoms with Crippen LogP contribution in [0.5, 0.6) is 0 Å². The lowest BCUT2D eigenvalue weighted by molar-refractivity contribution is 0.180. The summed E-state index contributed by atoms with van der Waals surface area (Å²) in [5.41, 5.74) is 0. The van der Waals surface area contributed by atoms with E-state index in [0.717, 1.165) is 32.1 Å². The summed E-state index contributed by atoms with van der Waals surface area (Å²) in [7, 11) is -3.86. The Morgan fingerprint density at radius 1 is 0.680 bits per heavy atom. The van der Waals surface area contributed by atoms with Crippen molar-refractivity contribution in [3.8, 4) is 0 Å². The number of hydrogen-bond donors (Lipinski definition) is 2. The van der Waals surface area contributed by atoms with Gasteiger partial charge in [-0.3, -0.25) is 4.55 Å². The highest BCUT2D eigenvalue weighted by molar-refractivity contribution is 7.86. The van der Waals surface area contributed by atoms with Crippen LogP contribution >= 0.6 is 0 Å². The van der Waals surface area contributed by atoms with Crippen molar-refractivity contribution in [1.29, 1.82) is 0 Å². The van der Waals surface area contributed by atoms with E-state index in [9.17, 15) is 18.1 Å². The molecule has 0 heterocycles. The first-order valence-corrected chi connectivity index (χ1v) is 12.0. The summed E-state index contributed by atoms with van der Waals surface area (Å²) in [5, 5.41) is 8.62. The van der Waals surface area contributed by atoms with Gasteiger partial charge in [0.15, 0.2) is 0 Å². The van der Waals surface area contributed by atoms with Crippen molar-refractivity contribution in [1.82, 2.24) is 0 Å². The first-order valence-electron chi connectivity index (χ1n) is 10.5. The molecule has 0 aromatic carbocycles. The Morgan fingerprint density at radius 3 is 1.36 bits per heavy atom. The summed E-state index contributed by atoms with van der Waals surface area (Å²) in [5.74, 6) is 0. The molecule has 4 nitrogen and oxygen atoms in total. The maximum Gasteiger partial charge on any atom is 0.267 e. The predicted octanol–water partition coefficient (Wildman–Crippen LogP) is 5.89. The quantitative estimate of drug-likeness (QED) is 0.230. The molecule has 0 aliphatic rings. The van der Waals surface area contributed by atoms with E-state index in [-0.39, 0.29) is 6.10 Å². The van der Waals surface area contributed by atoms with Crippen LogP contribution < -0.4 is 0 Å². The first-order chi connectivity index (χ1) is 11.9. The molecule has 0 aromatic rings. The Kier molecular flexibility index (Phi) is 16.0. The van der Waals surface area contributed by atoms with Crippen LogP contribution in [0, 0.1) is 0 Å². The van der Waals surface area contributed by atoms with Gasteiger partial charge in [-0.1, -0.05) is 90.4 Å². The lowest BCUT2D eigenvalue weighted by atomic mass is 10.0. The largest absolute Gasteiger partial charge is 0.393 e.